The van der Waals surface area contributed by atoms with Gasteiger partial charge in [-0.3, -0.25) is 4.79 Å². The summed E-state index contributed by atoms with van der Waals surface area (Å²) in [4.78, 5) is 16.9. The number of aryl methyl sites for hydroxylation is 1. The number of carbonyl (C=O) groups excluding carboxylic acids is 1. The van der Waals surface area contributed by atoms with Crippen LogP contribution in [0.15, 0.2) is 78.5 Å². The number of halogens is 1. The zero-order valence-corrected chi connectivity index (χ0v) is 17.3. The lowest BCUT2D eigenvalue weighted by molar-refractivity contribution is -0.112. The van der Waals surface area contributed by atoms with Crippen LogP contribution in [-0.2, 0) is 4.79 Å². The quantitative estimate of drug-likeness (QED) is 0.308. The highest BCUT2D eigenvalue weighted by molar-refractivity contribution is 7.21. The number of thiazole rings is 1. The first-order chi connectivity index (χ1) is 15.0. The first-order valence-electron chi connectivity index (χ1n) is 9.43. The van der Waals surface area contributed by atoms with Gasteiger partial charge in [0, 0.05) is 23.1 Å². The molecule has 152 valence electrons. The van der Waals surface area contributed by atoms with Gasteiger partial charge in [-0.1, -0.05) is 6.07 Å². The molecule has 1 heterocycles. The summed E-state index contributed by atoms with van der Waals surface area (Å²) in [6.07, 6.45) is 1.34. The average Bonchev–Trinajstić information content (AvgIpc) is 3.19. The number of hydrogen-bond donors (Lipinski definition) is 2. The summed E-state index contributed by atoms with van der Waals surface area (Å²) in [5.74, 6) is -0.983. The van der Waals surface area contributed by atoms with Crippen molar-refractivity contribution in [1.82, 2.24) is 4.98 Å². The summed E-state index contributed by atoms with van der Waals surface area (Å²) >= 11 is 1.64. The highest BCUT2D eigenvalue weighted by Gasteiger charge is 2.10. The summed E-state index contributed by atoms with van der Waals surface area (Å²) in [5, 5.41) is 15.7. The van der Waals surface area contributed by atoms with E-state index >= 15 is 0 Å². The van der Waals surface area contributed by atoms with Gasteiger partial charge in [0.15, 0.2) is 0 Å². The lowest BCUT2D eigenvalue weighted by atomic mass is 10.2. The first kappa shape index (κ1) is 20.3. The van der Waals surface area contributed by atoms with Crippen molar-refractivity contribution >= 4 is 38.8 Å². The predicted octanol–water partition coefficient (Wildman–Crippen LogP) is 5.87. The smallest absolute Gasteiger partial charge is 0.267 e. The molecule has 0 saturated carbocycles. The molecule has 31 heavy (non-hydrogen) atoms. The van der Waals surface area contributed by atoms with E-state index in [-0.39, 0.29) is 5.57 Å². The summed E-state index contributed by atoms with van der Waals surface area (Å²) < 4.78 is 14.1. The monoisotopic (exact) mass is 428 g/mol. The molecule has 0 aliphatic heterocycles. The Hall–Kier alpha value is -4.02. The molecule has 0 spiro atoms. The van der Waals surface area contributed by atoms with Crippen LogP contribution < -0.4 is 10.6 Å². The van der Waals surface area contributed by atoms with Gasteiger partial charge in [-0.2, -0.15) is 5.26 Å². The summed E-state index contributed by atoms with van der Waals surface area (Å²) in [6, 6.07) is 21.0. The van der Waals surface area contributed by atoms with Gasteiger partial charge in [0.1, 0.15) is 22.5 Å². The number of nitrogens with zero attached hydrogens (tertiary/aromatic N) is 2. The van der Waals surface area contributed by atoms with Crippen molar-refractivity contribution in [3.05, 3.63) is 89.9 Å². The number of aromatic nitrogens is 1. The molecule has 0 radical (unpaired) electrons. The number of fused-ring (bicyclic) bond motifs is 1. The third-order valence-electron chi connectivity index (χ3n) is 4.53. The molecule has 0 atom stereocenters. The Balaban J connectivity index is 1.45. The number of benzene rings is 3. The topological polar surface area (TPSA) is 77.8 Å². The third kappa shape index (κ3) is 4.77. The fourth-order valence-corrected chi connectivity index (χ4v) is 3.97. The van der Waals surface area contributed by atoms with E-state index in [9.17, 15) is 14.4 Å². The molecule has 0 aliphatic carbocycles. The van der Waals surface area contributed by atoms with E-state index in [0.717, 1.165) is 26.5 Å². The maximum absolute atomic E-state index is 13.0. The number of anilines is 2. The minimum atomic E-state index is -0.581. The summed E-state index contributed by atoms with van der Waals surface area (Å²) in [7, 11) is 0. The number of amides is 1. The molecule has 0 bridgehead atoms. The van der Waals surface area contributed by atoms with Gasteiger partial charge in [-0.05, 0) is 73.2 Å². The SMILES string of the molecule is Cc1ccc2nc(-c3ccc(N/C=C(/C#N)C(=O)Nc4ccc(F)cc4)cc3)sc2c1. The Morgan fingerprint density at radius 2 is 1.77 bits per heavy atom. The standard InChI is InChI=1S/C24H17FN4OS/c1-15-2-11-21-22(12-15)31-24(29-21)16-3-7-19(8-4-16)27-14-17(13-26)23(30)28-20-9-5-18(25)6-10-20/h2-12,14,27H,1H3,(H,28,30)/b17-14-. The second kappa shape index (κ2) is 8.78. The second-order valence-electron chi connectivity index (χ2n) is 6.84. The van der Waals surface area contributed by atoms with E-state index < -0.39 is 11.7 Å². The lowest BCUT2D eigenvalue weighted by Gasteiger charge is -2.05. The van der Waals surface area contributed by atoms with Crippen LogP contribution in [0, 0.1) is 24.1 Å². The van der Waals surface area contributed by atoms with Crippen LogP contribution in [0.1, 0.15) is 5.56 Å². The highest BCUT2D eigenvalue weighted by atomic mass is 32.1. The van der Waals surface area contributed by atoms with E-state index in [0.29, 0.717) is 5.69 Å². The lowest BCUT2D eigenvalue weighted by Crippen LogP contribution is -2.14. The van der Waals surface area contributed by atoms with Crippen LogP contribution in [0.4, 0.5) is 15.8 Å². The fraction of sp³-hybridized carbons (Fsp3) is 0.0417. The summed E-state index contributed by atoms with van der Waals surface area (Å²) in [6.45, 7) is 2.06. The maximum atomic E-state index is 13.0. The number of carbonyl (C=O) groups is 1. The molecule has 5 nitrogen and oxygen atoms in total. The molecule has 0 aliphatic rings. The predicted molar refractivity (Wildman–Crippen MR) is 122 cm³/mol. The molecule has 4 aromatic rings. The molecular formula is C24H17FN4OS. The minimum absolute atomic E-state index is 0.102. The largest absolute Gasteiger partial charge is 0.360 e. The molecule has 2 N–H and O–H groups in total. The van der Waals surface area contributed by atoms with Crippen LogP contribution in [-0.4, -0.2) is 10.9 Å². The molecule has 4 rings (SSSR count). The van der Waals surface area contributed by atoms with Crippen LogP contribution in [0.25, 0.3) is 20.8 Å². The van der Waals surface area contributed by atoms with E-state index in [1.807, 2.05) is 42.5 Å². The zero-order chi connectivity index (χ0) is 21.8. The number of nitrogens with one attached hydrogen (secondary N) is 2. The van der Waals surface area contributed by atoms with Gasteiger partial charge >= 0.3 is 0 Å². The molecular weight excluding hydrogens is 411 g/mol. The minimum Gasteiger partial charge on any atom is -0.360 e. The van der Waals surface area contributed by atoms with Crippen molar-refractivity contribution in [2.75, 3.05) is 10.6 Å². The number of hydrogen-bond acceptors (Lipinski definition) is 5. The van der Waals surface area contributed by atoms with Gasteiger partial charge in [0.25, 0.3) is 5.91 Å². The molecule has 7 heteroatoms. The Morgan fingerprint density at radius 3 is 2.48 bits per heavy atom. The third-order valence-corrected chi connectivity index (χ3v) is 5.59. The van der Waals surface area contributed by atoms with E-state index in [1.165, 1.54) is 36.0 Å². The van der Waals surface area contributed by atoms with Gasteiger partial charge in [0.05, 0.1) is 10.2 Å². The Morgan fingerprint density at radius 1 is 1.06 bits per heavy atom. The normalized spacial score (nSPS) is 11.2. The second-order valence-corrected chi connectivity index (χ2v) is 7.87. The average molecular weight is 428 g/mol. The molecule has 3 aromatic carbocycles. The van der Waals surface area contributed by atoms with Crippen LogP contribution in [0.2, 0.25) is 0 Å². The van der Waals surface area contributed by atoms with Crippen molar-refractivity contribution in [2.24, 2.45) is 0 Å². The van der Waals surface area contributed by atoms with Crippen LogP contribution in [0.5, 0.6) is 0 Å². The summed E-state index contributed by atoms with van der Waals surface area (Å²) in [5.41, 5.74) is 4.19. The fourth-order valence-electron chi connectivity index (χ4n) is 2.90. The van der Waals surface area contributed by atoms with Crippen molar-refractivity contribution in [1.29, 1.82) is 5.26 Å². The number of rotatable bonds is 5. The Bertz CT molecular complexity index is 1320. The Kier molecular flexibility index (Phi) is 5.74. The van der Waals surface area contributed by atoms with Gasteiger partial charge in [-0.15, -0.1) is 11.3 Å². The zero-order valence-electron chi connectivity index (χ0n) is 16.5. The van der Waals surface area contributed by atoms with E-state index in [1.54, 1.807) is 11.3 Å². The van der Waals surface area contributed by atoms with Crippen molar-refractivity contribution < 1.29 is 9.18 Å². The van der Waals surface area contributed by atoms with Crippen molar-refractivity contribution in [3.8, 4) is 16.6 Å². The van der Waals surface area contributed by atoms with Gasteiger partial charge in [-0.25, -0.2) is 9.37 Å². The first-order valence-corrected chi connectivity index (χ1v) is 10.2. The van der Waals surface area contributed by atoms with Crippen molar-refractivity contribution in [3.63, 3.8) is 0 Å². The van der Waals surface area contributed by atoms with E-state index in [4.69, 9.17) is 0 Å². The molecule has 1 amide bonds. The molecule has 1 aromatic heterocycles. The van der Waals surface area contributed by atoms with Crippen molar-refractivity contribution in [2.45, 2.75) is 6.92 Å². The Labute approximate surface area is 182 Å². The molecule has 0 unspecified atom stereocenters. The highest BCUT2D eigenvalue weighted by Crippen LogP contribution is 2.31. The van der Waals surface area contributed by atoms with Crippen LogP contribution >= 0.6 is 11.3 Å². The van der Waals surface area contributed by atoms with E-state index in [2.05, 4.69) is 28.6 Å². The van der Waals surface area contributed by atoms with Gasteiger partial charge in [0.2, 0.25) is 0 Å². The molecule has 0 fully saturated rings. The van der Waals surface area contributed by atoms with Crippen LogP contribution in [0.3, 0.4) is 0 Å². The maximum Gasteiger partial charge on any atom is 0.267 e. The molecule has 0 saturated heterocycles. The van der Waals surface area contributed by atoms with Gasteiger partial charge < -0.3 is 10.6 Å². The number of nitriles is 1.